The van der Waals surface area contributed by atoms with Gasteiger partial charge in [-0.05, 0) is 29.8 Å². The number of fused-ring (bicyclic) bond motifs is 1. The third-order valence-electron chi connectivity index (χ3n) is 3.76. The highest BCUT2D eigenvalue weighted by Gasteiger charge is 2.35. The van der Waals surface area contributed by atoms with Crippen molar-refractivity contribution in [3.8, 4) is 11.1 Å². The van der Waals surface area contributed by atoms with Crippen molar-refractivity contribution in [2.24, 2.45) is 0 Å². The molecule has 0 saturated heterocycles. The summed E-state index contributed by atoms with van der Waals surface area (Å²) in [5, 5.41) is 0.756. The van der Waals surface area contributed by atoms with Gasteiger partial charge in [0.1, 0.15) is 17.8 Å². The van der Waals surface area contributed by atoms with Gasteiger partial charge in [0.2, 0.25) is 0 Å². The molecule has 1 heterocycles. The van der Waals surface area contributed by atoms with Crippen LogP contribution < -0.4 is 0 Å². The van der Waals surface area contributed by atoms with Gasteiger partial charge in [-0.15, -0.1) is 0 Å². The van der Waals surface area contributed by atoms with Crippen molar-refractivity contribution >= 4 is 28.5 Å². The molecule has 0 aliphatic rings. The van der Waals surface area contributed by atoms with Crippen molar-refractivity contribution in [1.29, 1.82) is 0 Å². The number of alkyl halides is 3. The second-order valence-electron chi connectivity index (χ2n) is 5.34. The Kier molecular flexibility index (Phi) is 4.47. The molecular weight excluding hydrogens is 357 g/mol. The summed E-state index contributed by atoms with van der Waals surface area (Å²) in [6.07, 6.45) is -4.84. The number of carbonyl (C=O) groups excluding carboxylic acids is 1. The molecule has 7 heteroatoms. The minimum atomic E-state index is -4.55. The molecule has 2 aromatic carbocycles. The zero-order chi connectivity index (χ0) is 18.2. The van der Waals surface area contributed by atoms with Crippen molar-refractivity contribution in [3.63, 3.8) is 0 Å². The van der Waals surface area contributed by atoms with Crippen molar-refractivity contribution in [2.45, 2.75) is 12.6 Å². The van der Waals surface area contributed by atoms with Gasteiger partial charge in [0.25, 0.3) is 0 Å². The van der Waals surface area contributed by atoms with Crippen LogP contribution in [0.15, 0.2) is 46.9 Å². The zero-order valence-electron chi connectivity index (χ0n) is 13.0. The van der Waals surface area contributed by atoms with Crippen LogP contribution in [0.5, 0.6) is 0 Å². The first-order valence-electron chi connectivity index (χ1n) is 7.25. The van der Waals surface area contributed by atoms with Crippen LogP contribution in [0.25, 0.3) is 22.1 Å². The third kappa shape index (κ3) is 3.35. The van der Waals surface area contributed by atoms with Gasteiger partial charge in [0.15, 0.2) is 0 Å². The summed E-state index contributed by atoms with van der Waals surface area (Å²) in [6, 6.07) is 9.77. The van der Waals surface area contributed by atoms with Gasteiger partial charge in [-0.25, -0.2) is 0 Å². The van der Waals surface area contributed by atoms with E-state index < -0.39 is 17.7 Å². The number of hydrogen-bond donors (Lipinski definition) is 0. The van der Waals surface area contributed by atoms with Crippen molar-refractivity contribution in [1.82, 2.24) is 0 Å². The van der Waals surface area contributed by atoms with Gasteiger partial charge in [0, 0.05) is 16.0 Å². The average molecular weight is 369 g/mol. The van der Waals surface area contributed by atoms with E-state index >= 15 is 0 Å². The lowest BCUT2D eigenvalue weighted by Gasteiger charge is -2.13. The van der Waals surface area contributed by atoms with Crippen molar-refractivity contribution in [2.75, 3.05) is 7.11 Å². The Morgan fingerprint density at radius 3 is 2.60 bits per heavy atom. The summed E-state index contributed by atoms with van der Waals surface area (Å²) >= 11 is 5.99. The van der Waals surface area contributed by atoms with Crippen LogP contribution in [-0.4, -0.2) is 13.1 Å². The number of hydrogen-bond acceptors (Lipinski definition) is 3. The highest BCUT2D eigenvalue weighted by atomic mass is 35.5. The summed E-state index contributed by atoms with van der Waals surface area (Å²) in [7, 11) is 1.20. The topological polar surface area (TPSA) is 39.4 Å². The van der Waals surface area contributed by atoms with E-state index in [1.807, 2.05) is 0 Å². The van der Waals surface area contributed by atoms with Gasteiger partial charge in [-0.2, -0.15) is 13.2 Å². The second kappa shape index (κ2) is 6.44. The lowest BCUT2D eigenvalue weighted by atomic mass is 9.95. The Labute approximate surface area is 145 Å². The summed E-state index contributed by atoms with van der Waals surface area (Å²) in [6.45, 7) is 0. The molecule has 3 aromatic rings. The smallest absolute Gasteiger partial charge is 0.417 e. The number of rotatable bonds is 3. The predicted octanol–water partition coefficient (Wildman–Crippen LogP) is 5.49. The van der Waals surface area contributed by atoms with E-state index in [0.717, 1.165) is 6.07 Å². The summed E-state index contributed by atoms with van der Waals surface area (Å²) in [5.74, 6) is -0.517. The first-order valence-corrected chi connectivity index (χ1v) is 7.63. The van der Waals surface area contributed by atoms with Gasteiger partial charge < -0.3 is 9.15 Å². The van der Waals surface area contributed by atoms with Crippen LogP contribution in [0.4, 0.5) is 13.2 Å². The Bertz CT molecular complexity index is 944. The number of furan rings is 1. The molecule has 0 aliphatic carbocycles. The number of methoxy groups -OCH3 is 1. The van der Waals surface area contributed by atoms with Crippen molar-refractivity contribution < 1.29 is 27.1 Å². The maximum atomic E-state index is 13.4. The molecule has 0 bridgehead atoms. The van der Waals surface area contributed by atoms with E-state index in [0.29, 0.717) is 16.0 Å². The van der Waals surface area contributed by atoms with Crippen LogP contribution >= 0.6 is 11.6 Å². The Balaban J connectivity index is 2.33. The van der Waals surface area contributed by atoms with E-state index in [4.69, 9.17) is 16.0 Å². The maximum Gasteiger partial charge on any atom is 0.417 e. The van der Waals surface area contributed by atoms with E-state index in [-0.39, 0.29) is 23.3 Å². The SMILES string of the molecule is COC(=O)Cc1oc2ccc(Cl)cc2c1-c1ccccc1C(F)(F)F. The van der Waals surface area contributed by atoms with Crippen LogP contribution in [0.1, 0.15) is 11.3 Å². The largest absolute Gasteiger partial charge is 0.469 e. The fourth-order valence-electron chi connectivity index (χ4n) is 2.69. The number of benzene rings is 2. The average Bonchev–Trinajstić information content (AvgIpc) is 2.90. The Morgan fingerprint density at radius 1 is 1.20 bits per heavy atom. The maximum absolute atomic E-state index is 13.4. The van der Waals surface area contributed by atoms with Crippen LogP contribution in [0, 0.1) is 0 Å². The highest BCUT2D eigenvalue weighted by Crippen LogP contribution is 2.43. The summed E-state index contributed by atoms with van der Waals surface area (Å²) in [4.78, 5) is 11.7. The predicted molar refractivity (Wildman–Crippen MR) is 87.4 cm³/mol. The van der Waals surface area contributed by atoms with Crippen LogP contribution in [0.2, 0.25) is 5.02 Å². The first-order chi connectivity index (χ1) is 11.8. The molecule has 3 rings (SSSR count). The minimum absolute atomic E-state index is 0.0741. The van der Waals surface area contributed by atoms with Gasteiger partial charge in [0.05, 0.1) is 12.7 Å². The molecule has 3 nitrogen and oxygen atoms in total. The lowest BCUT2D eigenvalue weighted by Crippen LogP contribution is -2.08. The zero-order valence-corrected chi connectivity index (χ0v) is 13.7. The molecule has 0 spiro atoms. The molecule has 0 aliphatic heterocycles. The van der Waals surface area contributed by atoms with Crippen molar-refractivity contribution in [3.05, 3.63) is 58.8 Å². The van der Waals surface area contributed by atoms with Crippen LogP contribution in [-0.2, 0) is 22.1 Å². The lowest BCUT2D eigenvalue weighted by molar-refractivity contribution is -0.140. The monoisotopic (exact) mass is 368 g/mol. The third-order valence-corrected chi connectivity index (χ3v) is 3.99. The molecule has 0 radical (unpaired) electrons. The molecule has 0 unspecified atom stereocenters. The fraction of sp³-hybridized carbons (Fsp3) is 0.167. The molecule has 130 valence electrons. The molecule has 0 N–H and O–H groups in total. The Morgan fingerprint density at radius 2 is 1.92 bits per heavy atom. The molecule has 0 fully saturated rings. The summed E-state index contributed by atoms with van der Waals surface area (Å²) < 4.78 is 50.5. The second-order valence-corrected chi connectivity index (χ2v) is 5.77. The molecule has 0 amide bonds. The molecular formula is C18H12ClF3O3. The van der Waals surface area contributed by atoms with Gasteiger partial charge in [-0.1, -0.05) is 29.8 Å². The first kappa shape index (κ1) is 17.4. The van der Waals surface area contributed by atoms with E-state index in [9.17, 15) is 18.0 Å². The highest BCUT2D eigenvalue weighted by molar-refractivity contribution is 6.31. The standard InChI is InChI=1S/C18H12ClF3O3/c1-24-16(23)9-15-17(12-8-10(19)6-7-14(12)25-15)11-4-2-3-5-13(11)18(20,21)22/h2-8H,9H2,1H3. The number of esters is 1. The molecule has 1 aromatic heterocycles. The van der Waals surface area contributed by atoms with E-state index in [1.54, 1.807) is 12.1 Å². The molecule has 25 heavy (non-hydrogen) atoms. The minimum Gasteiger partial charge on any atom is -0.469 e. The number of carbonyl (C=O) groups is 1. The fourth-order valence-corrected chi connectivity index (χ4v) is 2.86. The van der Waals surface area contributed by atoms with E-state index in [2.05, 4.69) is 4.74 Å². The number of ether oxygens (including phenoxy) is 1. The molecule has 0 saturated carbocycles. The Hall–Kier alpha value is -2.47. The molecule has 0 atom stereocenters. The van der Waals surface area contributed by atoms with Gasteiger partial charge >= 0.3 is 12.1 Å². The van der Waals surface area contributed by atoms with E-state index in [1.165, 1.54) is 31.4 Å². The summed E-state index contributed by atoms with van der Waals surface area (Å²) in [5.41, 5.74) is -0.357. The van der Waals surface area contributed by atoms with Crippen LogP contribution in [0.3, 0.4) is 0 Å². The normalized spacial score (nSPS) is 11.7. The number of halogens is 4. The van der Waals surface area contributed by atoms with Gasteiger partial charge in [-0.3, -0.25) is 4.79 Å². The quantitative estimate of drug-likeness (QED) is 0.574.